The molecular formula is C11H8N4O2S. The Morgan fingerprint density at radius 3 is 3.00 bits per heavy atom. The minimum absolute atomic E-state index is 0.106. The van der Waals surface area contributed by atoms with Gasteiger partial charge in [0.2, 0.25) is 0 Å². The van der Waals surface area contributed by atoms with Gasteiger partial charge in [-0.25, -0.2) is 9.97 Å². The lowest BCUT2D eigenvalue weighted by molar-refractivity contribution is -0.380. The van der Waals surface area contributed by atoms with Crippen molar-refractivity contribution in [2.75, 3.05) is 0 Å². The number of rotatable bonds is 2. The van der Waals surface area contributed by atoms with Gasteiger partial charge in [-0.15, -0.1) is 0 Å². The predicted molar refractivity (Wildman–Crippen MR) is 68.6 cm³/mol. The molecule has 3 aromatic rings. The highest BCUT2D eigenvalue weighted by Gasteiger charge is 2.14. The summed E-state index contributed by atoms with van der Waals surface area (Å²) in [7, 11) is 0. The van der Waals surface area contributed by atoms with E-state index in [-0.39, 0.29) is 5.00 Å². The zero-order chi connectivity index (χ0) is 12.7. The third kappa shape index (κ3) is 1.74. The second-order valence-electron chi connectivity index (χ2n) is 3.86. The van der Waals surface area contributed by atoms with Crippen LogP contribution in [0.5, 0.6) is 0 Å². The molecular weight excluding hydrogens is 252 g/mol. The number of fused-ring (bicyclic) bond motifs is 1. The number of hydrogen-bond donors (Lipinski definition) is 1. The van der Waals surface area contributed by atoms with E-state index in [1.807, 2.05) is 13.0 Å². The molecule has 3 heterocycles. The van der Waals surface area contributed by atoms with Gasteiger partial charge in [-0.3, -0.25) is 10.1 Å². The van der Waals surface area contributed by atoms with Gasteiger partial charge in [-0.1, -0.05) is 11.3 Å². The Balaban J connectivity index is 2.10. The number of nitro groups is 1. The molecule has 0 aromatic carbocycles. The lowest BCUT2D eigenvalue weighted by Gasteiger charge is -1.88. The molecule has 1 N–H and O–H groups in total. The maximum atomic E-state index is 10.6. The Morgan fingerprint density at radius 2 is 2.28 bits per heavy atom. The average Bonchev–Trinajstić information content (AvgIpc) is 2.93. The van der Waals surface area contributed by atoms with Gasteiger partial charge in [0, 0.05) is 12.3 Å². The fourth-order valence-electron chi connectivity index (χ4n) is 1.67. The Labute approximate surface area is 105 Å². The molecule has 0 aliphatic rings. The molecule has 0 fully saturated rings. The van der Waals surface area contributed by atoms with Gasteiger partial charge in [0.05, 0.1) is 15.3 Å². The summed E-state index contributed by atoms with van der Waals surface area (Å²) in [5.41, 5.74) is 2.49. The number of pyridine rings is 1. The van der Waals surface area contributed by atoms with E-state index in [1.165, 1.54) is 6.07 Å². The van der Waals surface area contributed by atoms with E-state index in [9.17, 15) is 10.1 Å². The second kappa shape index (κ2) is 3.88. The van der Waals surface area contributed by atoms with Crippen molar-refractivity contribution in [3.63, 3.8) is 0 Å². The summed E-state index contributed by atoms with van der Waals surface area (Å²) in [6.07, 6.45) is 1.74. The molecule has 0 atom stereocenters. The average molecular weight is 260 g/mol. The molecule has 3 aromatic heterocycles. The summed E-state index contributed by atoms with van der Waals surface area (Å²) >= 11 is 1.09. The largest absolute Gasteiger partial charge is 0.336 e. The molecule has 0 saturated carbocycles. The Morgan fingerprint density at radius 1 is 1.44 bits per heavy atom. The second-order valence-corrected chi connectivity index (χ2v) is 4.93. The van der Waals surface area contributed by atoms with Crippen molar-refractivity contribution in [3.05, 3.63) is 40.1 Å². The number of nitrogens with zero attached hydrogens (tertiary/aromatic N) is 3. The molecule has 90 valence electrons. The summed E-state index contributed by atoms with van der Waals surface area (Å²) < 4.78 is 0. The Hall–Kier alpha value is -2.28. The fourth-order valence-corrected chi connectivity index (χ4v) is 2.44. The van der Waals surface area contributed by atoms with Crippen molar-refractivity contribution < 1.29 is 4.92 Å². The molecule has 0 radical (unpaired) electrons. The van der Waals surface area contributed by atoms with E-state index in [0.717, 1.165) is 27.3 Å². The highest BCUT2D eigenvalue weighted by Crippen LogP contribution is 2.31. The van der Waals surface area contributed by atoms with Crippen LogP contribution >= 0.6 is 11.3 Å². The number of aromatic amines is 1. The zero-order valence-corrected chi connectivity index (χ0v) is 10.2. The number of hydrogen-bond acceptors (Lipinski definition) is 5. The van der Waals surface area contributed by atoms with Crippen molar-refractivity contribution in [3.8, 4) is 10.7 Å². The van der Waals surface area contributed by atoms with Crippen molar-refractivity contribution in [1.29, 1.82) is 0 Å². The minimum atomic E-state index is -0.404. The van der Waals surface area contributed by atoms with Crippen LogP contribution in [-0.4, -0.2) is 19.9 Å². The summed E-state index contributed by atoms with van der Waals surface area (Å²) in [5.74, 6) is 0.612. The van der Waals surface area contributed by atoms with Crippen LogP contribution in [-0.2, 0) is 0 Å². The molecule has 3 rings (SSSR count). The van der Waals surface area contributed by atoms with Crippen LogP contribution in [0.3, 0.4) is 0 Å². The molecule has 0 amide bonds. The normalized spacial score (nSPS) is 10.9. The molecule has 0 unspecified atom stereocenters. The van der Waals surface area contributed by atoms with E-state index in [1.54, 1.807) is 12.3 Å². The third-order valence-electron chi connectivity index (χ3n) is 2.48. The number of nitrogens with one attached hydrogen (secondary N) is 1. The number of H-pyrrole nitrogens is 1. The van der Waals surface area contributed by atoms with Crippen molar-refractivity contribution >= 4 is 27.5 Å². The van der Waals surface area contributed by atoms with E-state index in [0.29, 0.717) is 11.5 Å². The highest BCUT2D eigenvalue weighted by molar-refractivity contribution is 7.18. The zero-order valence-electron chi connectivity index (χ0n) is 9.38. The van der Waals surface area contributed by atoms with Crippen LogP contribution in [0.25, 0.3) is 21.9 Å². The first-order valence-corrected chi connectivity index (χ1v) is 6.02. The third-order valence-corrected chi connectivity index (χ3v) is 3.52. The molecule has 0 aliphatic heterocycles. The molecule has 0 aliphatic carbocycles. The van der Waals surface area contributed by atoms with E-state index >= 15 is 0 Å². The number of thiophene rings is 1. The molecule has 7 heteroatoms. The van der Waals surface area contributed by atoms with Gasteiger partial charge in [0.25, 0.3) is 0 Å². The lowest BCUT2D eigenvalue weighted by atomic mass is 10.3. The molecule has 18 heavy (non-hydrogen) atoms. The lowest BCUT2D eigenvalue weighted by Crippen LogP contribution is -1.80. The molecule has 6 nitrogen and oxygen atoms in total. The summed E-state index contributed by atoms with van der Waals surface area (Å²) in [4.78, 5) is 22.6. The smallest absolute Gasteiger partial charge is 0.324 e. The summed E-state index contributed by atoms with van der Waals surface area (Å²) in [5, 5.41) is 10.7. The van der Waals surface area contributed by atoms with Gasteiger partial charge < -0.3 is 4.98 Å². The van der Waals surface area contributed by atoms with Crippen LogP contribution in [0, 0.1) is 17.0 Å². The van der Waals surface area contributed by atoms with Crippen LogP contribution < -0.4 is 0 Å². The highest BCUT2D eigenvalue weighted by atomic mass is 32.1. The Kier molecular flexibility index (Phi) is 2.34. The first-order valence-electron chi connectivity index (χ1n) is 5.20. The van der Waals surface area contributed by atoms with E-state index in [2.05, 4.69) is 15.0 Å². The molecule has 0 spiro atoms. The van der Waals surface area contributed by atoms with Gasteiger partial charge in [-0.2, -0.15) is 0 Å². The predicted octanol–water partition coefficient (Wildman–Crippen LogP) is 2.90. The van der Waals surface area contributed by atoms with Gasteiger partial charge in [0.1, 0.15) is 0 Å². The van der Waals surface area contributed by atoms with Crippen molar-refractivity contribution in [2.24, 2.45) is 0 Å². The minimum Gasteiger partial charge on any atom is -0.336 e. The topological polar surface area (TPSA) is 84.7 Å². The molecule has 0 bridgehead atoms. The fraction of sp³-hybridized carbons (Fsp3) is 0.0909. The van der Waals surface area contributed by atoms with Gasteiger partial charge in [0.15, 0.2) is 11.5 Å². The first-order chi connectivity index (χ1) is 8.63. The van der Waals surface area contributed by atoms with Crippen LogP contribution in [0.1, 0.15) is 5.56 Å². The van der Waals surface area contributed by atoms with Crippen LogP contribution in [0.2, 0.25) is 0 Å². The first kappa shape index (κ1) is 10.8. The quantitative estimate of drug-likeness (QED) is 0.567. The Bertz CT molecular complexity index is 746. The summed E-state index contributed by atoms with van der Waals surface area (Å²) in [6, 6.07) is 5.11. The van der Waals surface area contributed by atoms with Crippen LogP contribution in [0.15, 0.2) is 24.4 Å². The maximum absolute atomic E-state index is 10.6. The van der Waals surface area contributed by atoms with Gasteiger partial charge in [-0.05, 0) is 24.6 Å². The van der Waals surface area contributed by atoms with Crippen LogP contribution in [0.4, 0.5) is 5.00 Å². The number of aromatic nitrogens is 3. The van der Waals surface area contributed by atoms with Crippen molar-refractivity contribution in [2.45, 2.75) is 6.92 Å². The van der Waals surface area contributed by atoms with Crippen molar-refractivity contribution in [1.82, 2.24) is 15.0 Å². The van der Waals surface area contributed by atoms with E-state index < -0.39 is 4.92 Å². The summed E-state index contributed by atoms with van der Waals surface area (Å²) in [6.45, 7) is 1.95. The SMILES string of the molecule is Cc1cnc2nc(-c3ccc([N+](=O)[O-])s3)[nH]c2c1. The van der Waals surface area contributed by atoms with Gasteiger partial charge >= 0.3 is 5.00 Å². The monoisotopic (exact) mass is 260 g/mol. The van der Waals surface area contributed by atoms with E-state index in [4.69, 9.17) is 0 Å². The number of aryl methyl sites for hydroxylation is 1. The maximum Gasteiger partial charge on any atom is 0.324 e. The standard InChI is InChI=1S/C11H8N4O2S/c1-6-4-7-10(12-5-6)14-11(13-7)8-2-3-9(18-8)15(16)17/h2-5H,1H3,(H,12,13,14). The molecule has 0 saturated heterocycles. The number of imidazole rings is 1.